The van der Waals surface area contributed by atoms with E-state index in [4.69, 9.17) is 0 Å². The molecule has 3 rings (SSSR count). The molecule has 2 aromatic rings. The maximum Gasteiger partial charge on any atom is 0.255 e. The molecule has 0 saturated carbocycles. The van der Waals surface area contributed by atoms with Gasteiger partial charge in [0.2, 0.25) is 0 Å². The van der Waals surface area contributed by atoms with Crippen molar-refractivity contribution < 1.29 is 4.79 Å². The Balaban J connectivity index is 1.61. The Morgan fingerprint density at radius 2 is 1.96 bits per heavy atom. The topological polar surface area (TPSA) is 48.5 Å². The zero-order chi connectivity index (χ0) is 17.6. The Labute approximate surface area is 149 Å². The van der Waals surface area contributed by atoms with Gasteiger partial charge in [-0.05, 0) is 37.1 Å². The van der Waals surface area contributed by atoms with Crippen molar-refractivity contribution in [3.63, 3.8) is 0 Å². The summed E-state index contributed by atoms with van der Waals surface area (Å²) in [5.74, 6) is 0.0662. The highest BCUT2D eigenvalue weighted by Crippen LogP contribution is 2.19. The quantitative estimate of drug-likeness (QED) is 0.910. The van der Waals surface area contributed by atoms with Gasteiger partial charge < -0.3 is 15.1 Å². The van der Waals surface area contributed by atoms with Crippen molar-refractivity contribution in [2.24, 2.45) is 0 Å². The predicted molar refractivity (Wildman–Crippen MR) is 102 cm³/mol. The van der Waals surface area contributed by atoms with Crippen molar-refractivity contribution in [3.8, 4) is 0 Å². The average Bonchev–Trinajstić information content (AvgIpc) is 2.66. The molecule has 1 amide bonds. The number of piperazine rings is 1. The lowest BCUT2D eigenvalue weighted by molar-refractivity contribution is 0.0746. The Kier molecular flexibility index (Phi) is 5.53. The van der Waals surface area contributed by atoms with Gasteiger partial charge in [-0.3, -0.25) is 9.78 Å². The molecule has 1 aliphatic heterocycles. The van der Waals surface area contributed by atoms with Gasteiger partial charge in [0, 0.05) is 50.8 Å². The van der Waals surface area contributed by atoms with E-state index in [9.17, 15) is 4.79 Å². The maximum atomic E-state index is 12.8. The lowest BCUT2D eigenvalue weighted by Crippen LogP contribution is -2.48. The molecular formula is C20H26N4O. The summed E-state index contributed by atoms with van der Waals surface area (Å²) in [6.07, 6.45) is 4.47. The van der Waals surface area contributed by atoms with Crippen LogP contribution in [0, 0.1) is 6.92 Å². The highest BCUT2D eigenvalue weighted by molar-refractivity contribution is 5.95. The van der Waals surface area contributed by atoms with E-state index in [1.54, 1.807) is 12.4 Å². The molecule has 1 fully saturated rings. The smallest absolute Gasteiger partial charge is 0.255 e. The Morgan fingerprint density at radius 3 is 2.68 bits per heavy atom. The van der Waals surface area contributed by atoms with Crippen LogP contribution in [-0.2, 0) is 0 Å². The molecule has 0 bridgehead atoms. The van der Waals surface area contributed by atoms with Crippen LogP contribution in [0.1, 0.15) is 29.3 Å². The molecule has 1 saturated heterocycles. The van der Waals surface area contributed by atoms with Crippen molar-refractivity contribution >= 4 is 17.3 Å². The molecule has 1 aromatic heterocycles. The third-order valence-electron chi connectivity index (χ3n) is 4.50. The number of hydrogen-bond donors (Lipinski definition) is 1. The van der Waals surface area contributed by atoms with Crippen LogP contribution in [0.15, 0.2) is 42.7 Å². The predicted octanol–water partition coefficient (Wildman–Crippen LogP) is 3.17. The van der Waals surface area contributed by atoms with Crippen LogP contribution >= 0.6 is 0 Å². The lowest BCUT2D eigenvalue weighted by Gasteiger charge is -2.36. The number of hydrogen-bond acceptors (Lipinski definition) is 4. The molecular weight excluding hydrogens is 312 g/mol. The Hall–Kier alpha value is -2.56. The number of carbonyl (C=O) groups excluding carboxylic acids is 1. The largest absolute Gasteiger partial charge is 0.384 e. The van der Waals surface area contributed by atoms with Crippen LogP contribution in [0.2, 0.25) is 0 Å². The van der Waals surface area contributed by atoms with Crippen molar-refractivity contribution in [2.45, 2.75) is 20.3 Å². The number of aromatic nitrogens is 1. The summed E-state index contributed by atoms with van der Waals surface area (Å²) in [6, 6.07) is 10.4. The standard InChI is InChI=1S/C20H26N4O/c1-3-7-22-18-13-17(14-21-15-18)20(25)24-10-8-23(9-11-24)19-6-4-5-16(2)12-19/h4-6,12-15,22H,3,7-11H2,1-2H3. The van der Waals surface area contributed by atoms with Gasteiger partial charge in [0.15, 0.2) is 0 Å². The van der Waals surface area contributed by atoms with Crippen LogP contribution in [-0.4, -0.2) is 48.5 Å². The van der Waals surface area contributed by atoms with Gasteiger partial charge in [0.25, 0.3) is 5.91 Å². The van der Waals surface area contributed by atoms with Crippen molar-refractivity contribution in [3.05, 3.63) is 53.9 Å². The lowest BCUT2D eigenvalue weighted by atomic mass is 10.1. The van der Waals surface area contributed by atoms with Gasteiger partial charge in [0.05, 0.1) is 11.3 Å². The van der Waals surface area contributed by atoms with Gasteiger partial charge in [-0.1, -0.05) is 19.1 Å². The molecule has 1 aromatic carbocycles. The fourth-order valence-corrected chi connectivity index (χ4v) is 3.10. The molecule has 5 nitrogen and oxygen atoms in total. The number of aryl methyl sites for hydroxylation is 1. The summed E-state index contributed by atoms with van der Waals surface area (Å²) in [5, 5.41) is 3.28. The zero-order valence-corrected chi connectivity index (χ0v) is 15.0. The van der Waals surface area contributed by atoms with Crippen molar-refractivity contribution in [1.82, 2.24) is 9.88 Å². The molecule has 5 heteroatoms. The second-order valence-corrected chi connectivity index (χ2v) is 6.51. The summed E-state index contributed by atoms with van der Waals surface area (Å²) in [5.41, 5.74) is 4.06. The monoisotopic (exact) mass is 338 g/mol. The van der Waals surface area contributed by atoms with E-state index in [1.807, 2.05) is 11.0 Å². The van der Waals surface area contributed by atoms with Gasteiger partial charge in [-0.25, -0.2) is 0 Å². The van der Waals surface area contributed by atoms with E-state index in [1.165, 1.54) is 11.3 Å². The van der Waals surface area contributed by atoms with Crippen molar-refractivity contribution in [1.29, 1.82) is 0 Å². The van der Waals surface area contributed by atoms with Gasteiger partial charge in [-0.2, -0.15) is 0 Å². The van der Waals surface area contributed by atoms with E-state index in [2.05, 4.69) is 53.3 Å². The normalized spacial score (nSPS) is 14.5. The highest BCUT2D eigenvalue weighted by atomic mass is 16.2. The minimum absolute atomic E-state index is 0.0662. The number of amides is 1. The maximum absolute atomic E-state index is 12.8. The molecule has 132 valence electrons. The first-order valence-electron chi connectivity index (χ1n) is 8.97. The van der Waals surface area contributed by atoms with E-state index in [0.717, 1.165) is 44.8 Å². The third-order valence-corrected chi connectivity index (χ3v) is 4.50. The Morgan fingerprint density at radius 1 is 1.16 bits per heavy atom. The molecule has 0 aliphatic carbocycles. The number of benzene rings is 1. The first kappa shape index (κ1) is 17.3. The number of pyridine rings is 1. The summed E-state index contributed by atoms with van der Waals surface area (Å²) in [6.45, 7) is 8.29. The van der Waals surface area contributed by atoms with E-state index in [-0.39, 0.29) is 5.91 Å². The summed E-state index contributed by atoms with van der Waals surface area (Å²) < 4.78 is 0. The van der Waals surface area contributed by atoms with Crippen LogP contribution < -0.4 is 10.2 Å². The first-order chi connectivity index (χ1) is 12.2. The van der Waals surface area contributed by atoms with Crippen LogP contribution in [0.4, 0.5) is 11.4 Å². The van der Waals surface area contributed by atoms with E-state index >= 15 is 0 Å². The number of carbonyl (C=O) groups is 1. The molecule has 1 aliphatic rings. The average molecular weight is 338 g/mol. The summed E-state index contributed by atoms with van der Waals surface area (Å²) in [7, 11) is 0. The minimum Gasteiger partial charge on any atom is -0.384 e. The SMILES string of the molecule is CCCNc1cncc(C(=O)N2CCN(c3cccc(C)c3)CC2)c1. The molecule has 0 spiro atoms. The fraction of sp³-hybridized carbons (Fsp3) is 0.400. The minimum atomic E-state index is 0.0662. The van der Waals surface area contributed by atoms with Crippen molar-refractivity contribution in [2.75, 3.05) is 42.9 Å². The highest BCUT2D eigenvalue weighted by Gasteiger charge is 2.22. The molecule has 0 atom stereocenters. The zero-order valence-electron chi connectivity index (χ0n) is 15.0. The second kappa shape index (κ2) is 8.01. The number of rotatable bonds is 5. The number of anilines is 2. The van der Waals surface area contributed by atoms with Crippen LogP contribution in [0.3, 0.4) is 0 Å². The van der Waals surface area contributed by atoms with Gasteiger partial charge in [-0.15, -0.1) is 0 Å². The third kappa shape index (κ3) is 4.29. The van der Waals surface area contributed by atoms with E-state index < -0.39 is 0 Å². The fourth-order valence-electron chi connectivity index (χ4n) is 3.10. The molecule has 0 unspecified atom stereocenters. The number of nitrogens with one attached hydrogen (secondary N) is 1. The summed E-state index contributed by atoms with van der Waals surface area (Å²) in [4.78, 5) is 21.2. The molecule has 0 radical (unpaired) electrons. The van der Waals surface area contributed by atoms with Crippen LogP contribution in [0.5, 0.6) is 0 Å². The summed E-state index contributed by atoms with van der Waals surface area (Å²) >= 11 is 0. The van der Waals surface area contributed by atoms with Crippen LogP contribution in [0.25, 0.3) is 0 Å². The molecule has 1 N–H and O–H groups in total. The van der Waals surface area contributed by atoms with E-state index in [0.29, 0.717) is 5.56 Å². The second-order valence-electron chi connectivity index (χ2n) is 6.51. The molecule has 2 heterocycles. The Bertz CT molecular complexity index is 723. The van der Waals surface area contributed by atoms with Gasteiger partial charge >= 0.3 is 0 Å². The molecule has 25 heavy (non-hydrogen) atoms. The number of nitrogens with zero attached hydrogens (tertiary/aromatic N) is 3. The first-order valence-corrected chi connectivity index (χ1v) is 8.97. The van der Waals surface area contributed by atoms with Gasteiger partial charge in [0.1, 0.15) is 0 Å².